The molecule has 0 heterocycles. The van der Waals surface area contributed by atoms with E-state index in [1.165, 1.54) is 18.7 Å². The first kappa shape index (κ1) is 19.6. The van der Waals surface area contributed by atoms with E-state index in [0.29, 0.717) is 13.0 Å². The van der Waals surface area contributed by atoms with Crippen LogP contribution < -0.4 is 14.8 Å². The highest BCUT2D eigenvalue weighted by Gasteiger charge is 2.43. The first-order valence-electron chi connectivity index (χ1n) is 8.63. The van der Waals surface area contributed by atoms with Crippen LogP contribution in [0.4, 0.5) is 8.78 Å². The summed E-state index contributed by atoms with van der Waals surface area (Å²) in [5.74, 6) is 0.539. The molecule has 0 radical (unpaired) electrons. The summed E-state index contributed by atoms with van der Waals surface area (Å²) in [5.41, 5.74) is 1.95. The molecule has 1 aliphatic rings. The molecule has 144 valence electrons. The Kier molecular flexibility index (Phi) is 6.31. The fourth-order valence-electron chi connectivity index (χ4n) is 3.09. The Balaban J connectivity index is 1.50. The molecule has 2 aromatic rings. The fraction of sp³-hybridized carbons (Fsp3) is 0.350. The van der Waals surface area contributed by atoms with Crippen molar-refractivity contribution >= 4 is 21.8 Å². The Hall–Kier alpha value is -2.15. The number of hydrogen-bond acceptors (Lipinski definition) is 3. The molecule has 1 saturated carbocycles. The van der Waals surface area contributed by atoms with Crippen molar-refractivity contribution < 1.29 is 23.0 Å². The van der Waals surface area contributed by atoms with E-state index in [4.69, 9.17) is 4.74 Å². The van der Waals surface area contributed by atoms with Crippen LogP contribution in [0, 0.1) is 5.92 Å². The molecular formula is C20H20BrF2NO3. The molecule has 2 aromatic carbocycles. The van der Waals surface area contributed by atoms with Crippen LogP contribution in [-0.2, 0) is 11.2 Å². The van der Waals surface area contributed by atoms with Crippen LogP contribution >= 0.6 is 15.9 Å². The summed E-state index contributed by atoms with van der Waals surface area (Å²) in [5, 5.41) is 2.92. The first-order chi connectivity index (χ1) is 13.0. The minimum absolute atomic E-state index is 0.000212. The van der Waals surface area contributed by atoms with Crippen LogP contribution in [0.5, 0.6) is 11.5 Å². The van der Waals surface area contributed by atoms with Crippen molar-refractivity contribution in [3.05, 3.63) is 58.1 Å². The van der Waals surface area contributed by atoms with Crippen molar-refractivity contribution in [2.45, 2.75) is 25.4 Å². The van der Waals surface area contributed by atoms with Crippen LogP contribution in [0.3, 0.4) is 0 Å². The highest BCUT2D eigenvalue weighted by Crippen LogP contribution is 2.47. The SMILES string of the molecule is COc1ccc(CCNC(=O)C2CC2c2ccc(Br)cc2)cc1OC(F)F. The second-order valence-electron chi connectivity index (χ2n) is 6.40. The van der Waals surface area contributed by atoms with Crippen LogP contribution in [0.2, 0.25) is 0 Å². The van der Waals surface area contributed by atoms with E-state index in [9.17, 15) is 13.6 Å². The standard InChI is InChI=1S/C20H20BrF2NO3/c1-26-17-7-2-12(10-18(17)27-20(22)23)8-9-24-19(25)16-11-15(16)13-3-5-14(21)6-4-13/h2-7,10,15-16,20H,8-9,11H2,1H3,(H,24,25). The fourth-order valence-corrected chi connectivity index (χ4v) is 3.35. The van der Waals surface area contributed by atoms with Gasteiger partial charge < -0.3 is 14.8 Å². The van der Waals surface area contributed by atoms with Gasteiger partial charge in [-0.3, -0.25) is 4.79 Å². The third-order valence-electron chi connectivity index (χ3n) is 4.58. The van der Waals surface area contributed by atoms with Crippen molar-refractivity contribution in [3.8, 4) is 11.5 Å². The molecule has 27 heavy (non-hydrogen) atoms. The van der Waals surface area contributed by atoms with E-state index >= 15 is 0 Å². The summed E-state index contributed by atoms with van der Waals surface area (Å²) in [7, 11) is 1.39. The Morgan fingerprint density at radius 1 is 1.22 bits per heavy atom. The summed E-state index contributed by atoms with van der Waals surface area (Å²) in [6.45, 7) is -2.48. The number of carbonyl (C=O) groups excluding carboxylic acids is 1. The van der Waals surface area contributed by atoms with Crippen LogP contribution in [0.15, 0.2) is 46.9 Å². The van der Waals surface area contributed by atoms with Crippen molar-refractivity contribution in [2.24, 2.45) is 5.92 Å². The average molecular weight is 440 g/mol. The molecule has 0 aliphatic heterocycles. The highest BCUT2D eigenvalue weighted by atomic mass is 79.9. The third-order valence-corrected chi connectivity index (χ3v) is 5.11. The molecule has 0 spiro atoms. The van der Waals surface area contributed by atoms with Gasteiger partial charge in [-0.1, -0.05) is 34.1 Å². The summed E-state index contributed by atoms with van der Waals surface area (Å²) in [4.78, 5) is 12.3. The van der Waals surface area contributed by atoms with Crippen molar-refractivity contribution in [1.82, 2.24) is 5.32 Å². The van der Waals surface area contributed by atoms with Gasteiger partial charge in [0, 0.05) is 16.9 Å². The topological polar surface area (TPSA) is 47.6 Å². The number of benzene rings is 2. The number of halogens is 3. The highest BCUT2D eigenvalue weighted by molar-refractivity contribution is 9.10. The predicted molar refractivity (Wildman–Crippen MR) is 101 cm³/mol. The molecule has 0 aromatic heterocycles. The maximum atomic E-state index is 12.5. The molecule has 4 nitrogen and oxygen atoms in total. The Morgan fingerprint density at radius 2 is 1.96 bits per heavy atom. The van der Waals surface area contributed by atoms with Crippen LogP contribution in [0.25, 0.3) is 0 Å². The summed E-state index contributed by atoms with van der Waals surface area (Å²) in [6.07, 6.45) is 1.37. The zero-order valence-corrected chi connectivity index (χ0v) is 16.3. The number of nitrogens with one attached hydrogen (secondary N) is 1. The van der Waals surface area contributed by atoms with Crippen molar-refractivity contribution in [2.75, 3.05) is 13.7 Å². The quantitative estimate of drug-likeness (QED) is 0.657. The first-order valence-corrected chi connectivity index (χ1v) is 9.42. The minimum Gasteiger partial charge on any atom is -0.493 e. The monoisotopic (exact) mass is 439 g/mol. The van der Waals surface area contributed by atoms with Gasteiger partial charge in [-0.05, 0) is 54.2 Å². The predicted octanol–water partition coefficient (Wildman–Crippen LogP) is 4.52. The summed E-state index contributed by atoms with van der Waals surface area (Å²) >= 11 is 3.40. The van der Waals surface area contributed by atoms with Crippen molar-refractivity contribution in [1.29, 1.82) is 0 Å². The van der Waals surface area contributed by atoms with Gasteiger partial charge in [-0.15, -0.1) is 0 Å². The zero-order chi connectivity index (χ0) is 19.4. The molecule has 2 atom stereocenters. The van der Waals surface area contributed by atoms with Gasteiger partial charge >= 0.3 is 6.61 Å². The van der Waals surface area contributed by atoms with Gasteiger partial charge in [-0.2, -0.15) is 8.78 Å². The molecule has 1 aliphatic carbocycles. The van der Waals surface area contributed by atoms with Crippen molar-refractivity contribution in [3.63, 3.8) is 0 Å². The van der Waals surface area contributed by atoms with Crippen LogP contribution in [0.1, 0.15) is 23.5 Å². The summed E-state index contributed by atoms with van der Waals surface area (Å²) in [6, 6.07) is 12.9. The van der Waals surface area contributed by atoms with E-state index in [1.807, 2.05) is 24.3 Å². The molecule has 0 saturated heterocycles. The number of carbonyl (C=O) groups is 1. The number of alkyl halides is 2. The lowest BCUT2D eigenvalue weighted by Gasteiger charge is -2.12. The number of rotatable bonds is 8. The number of methoxy groups -OCH3 is 1. The van der Waals surface area contributed by atoms with E-state index in [2.05, 4.69) is 26.0 Å². The summed E-state index contributed by atoms with van der Waals surface area (Å²) < 4.78 is 35.5. The van der Waals surface area contributed by atoms with E-state index < -0.39 is 6.61 Å². The van der Waals surface area contributed by atoms with Crippen LogP contribution in [-0.4, -0.2) is 26.2 Å². The molecular weight excluding hydrogens is 420 g/mol. The van der Waals surface area contributed by atoms with E-state index in [1.54, 1.807) is 12.1 Å². The molecule has 7 heteroatoms. The maximum Gasteiger partial charge on any atom is 0.387 e. The molecule has 1 fully saturated rings. The van der Waals surface area contributed by atoms with Gasteiger partial charge in [0.1, 0.15) is 0 Å². The Labute approximate surface area is 165 Å². The molecule has 2 unspecified atom stereocenters. The second kappa shape index (κ2) is 8.69. The molecule has 3 rings (SSSR count). The lowest BCUT2D eigenvalue weighted by Crippen LogP contribution is -2.27. The lowest BCUT2D eigenvalue weighted by molar-refractivity contribution is -0.122. The number of hydrogen-bond donors (Lipinski definition) is 1. The molecule has 0 bridgehead atoms. The largest absolute Gasteiger partial charge is 0.493 e. The second-order valence-corrected chi connectivity index (χ2v) is 7.32. The molecule has 1 amide bonds. The van der Waals surface area contributed by atoms with Gasteiger partial charge in [0.15, 0.2) is 11.5 Å². The lowest BCUT2D eigenvalue weighted by atomic mass is 10.1. The average Bonchev–Trinajstić information content (AvgIpc) is 3.43. The Morgan fingerprint density at radius 3 is 2.63 bits per heavy atom. The maximum absolute atomic E-state index is 12.5. The number of amides is 1. The van der Waals surface area contributed by atoms with Gasteiger partial charge in [0.05, 0.1) is 7.11 Å². The smallest absolute Gasteiger partial charge is 0.387 e. The van der Waals surface area contributed by atoms with Gasteiger partial charge in [-0.25, -0.2) is 0 Å². The Bertz CT molecular complexity index is 798. The van der Waals surface area contributed by atoms with E-state index in [-0.39, 0.29) is 29.2 Å². The third kappa shape index (κ3) is 5.19. The number of ether oxygens (including phenoxy) is 2. The zero-order valence-electron chi connectivity index (χ0n) is 14.8. The molecule has 1 N–H and O–H groups in total. The normalized spacial score (nSPS) is 18.3. The minimum atomic E-state index is -2.92. The van der Waals surface area contributed by atoms with E-state index in [0.717, 1.165) is 16.5 Å². The van der Waals surface area contributed by atoms with Gasteiger partial charge in [0.25, 0.3) is 0 Å². The van der Waals surface area contributed by atoms with Gasteiger partial charge in [0.2, 0.25) is 5.91 Å².